The van der Waals surface area contributed by atoms with Crippen LogP contribution in [0.1, 0.15) is 60.4 Å². The Balaban J connectivity index is 1.60. The van der Waals surface area contributed by atoms with Crippen LogP contribution in [0.15, 0.2) is 24.3 Å². The smallest absolute Gasteiger partial charge is 0.251 e. The van der Waals surface area contributed by atoms with Gasteiger partial charge in [-0.2, -0.15) is 0 Å². The minimum absolute atomic E-state index is 0.0495. The van der Waals surface area contributed by atoms with E-state index in [9.17, 15) is 9.90 Å². The Morgan fingerprint density at radius 2 is 2.04 bits per heavy atom. The van der Waals surface area contributed by atoms with Crippen molar-refractivity contribution in [1.29, 1.82) is 0 Å². The minimum Gasteiger partial charge on any atom is -0.396 e. The van der Waals surface area contributed by atoms with Crippen LogP contribution in [0.4, 0.5) is 0 Å². The highest BCUT2D eigenvalue weighted by Gasteiger charge is 2.23. The Kier molecular flexibility index (Phi) is 5.90. The number of benzene rings is 1. The average molecular weight is 330 g/mol. The molecule has 3 rings (SSSR count). The van der Waals surface area contributed by atoms with Gasteiger partial charge < -0.3 is 15.3 Å². The molecule has 2 fully saturated rings. The first-order valence-corrected chi connectivity index (χ1v) is 9.36. The van der Waals surface area contributed by atoms with Crippen molar-refractivity contribution in [3.8, 4) is 0 Å². The highest BCUT2D eigenvalue weighted by atomic mass is 16.3. The van der Waals surface area contributed by atoms with Crippen LogP contribution in [0.2, 0.25) is 0 Å². The van der Waals surface area contributed by atoms with Crippen LogP contribution >= 0.6 is 0 Å². The van der Waals surface area contributed by atoms with Crippen molar-refractivity contribution in [2.24, 2.45) is 5.92 Å². The zero-order valence-electron chi connectivity index (χ0n) is 14.7. The lowest BCUT2D eigenvalue weighted by atomic mass is 9.86. The van der Waals surface area contributed by atoms with Crippen LogP contribution in [0, 0.1) is 5.92 Å². The Morgan fingerprint density at radius 3 is 2.75 bits per heavy atom. The first-order chi connectivity index (χ1) is 11.7. The first kappa shape index (κ1) is 17.4. The molecule has 0 radical (unpaired) electrons. The molecule has 1 unspecified atom stereocenters. The SMILES string of the molecule is CN1CCCC(c2cccc(C(=O)NC3CCC(CO)CC3)c2)C1. The van der Waals surface area contributed by atoms with Gasteiger partial charge in [-0.05, 0) is 81.6 Å². The molecule has 1 aliphatic heterocycles. The first-order valence-electron chi connectivity index (χ1n) is 9.36. The summed E-state index contributed by atoms with van der Waals surface area (Å²) in [5.74, 6) is 1.01. The number of carbonyl (C=O) groups is 1. The summed E-state index contributed by atoms with van der Waals surface area (Å²) in [7, 11) is 2.17. The van der Waals surface area contributed by atoms with Gasteiger partial charge >= 0.3 is 0 Å². The topological polar surface area (TPSA) is 52.6 Å². The van der Waals surface area contributed by atoms with Gasteiger partial charge in [0.25, 0.3) is 5.91 Å². The number of rotatable bonds is 4. The quantitative estimate of drug-likeness (QED) is 0.892. The lowest BCUT2D eigenvalue weighted by molar-refractivity contribution is 0.0914. The molecule has 1 heterocycles. The summed E-state index contributed by atoms with van der Waals surface area (Å²) in [6, 6.07) is 8.43. The van der Waals surface area contributed by atoms with Crippen molar-refractivity contribution in [2.75, 3.05) is 26.7 Å². The maximum absolute atomic E-state index is 12.6. The zero-order valence-corrected chi connectivity index (χ0v) is 14.7. The Hall–Kier alpha value is -1.39. The van der Waals surface area contributed by atoms with E-state index in [0.29, 0.717) is 11.8 Å². The summed E-state index contributed by atoms with van der Waals surface area (Å²) in [4.78, 5) is 15.0. The van der Waals surface area contributed by atoms with E-state index in [0.717, 1.165) is 37.8 Å². The predicted molar refractivity (Wildman–Crippen MR) is 96.2 cm³/mol. The molecule has 0 aromatic heterocycles. The maximum Gasteiger partial charge on any atom is 0.251 e. The van der Waals surface area contributed by atoms with Crippen LogP contribution in [0.25, 0.3) is 0 Å². The molecule has 1 atom stereocenters. The summed E-state index contributed by atoms with van der Waals surface area (Å²) < 4.78 is 0. The van der Waals surface area contributed by atoms with Gasteiger partial charge in [0.05, 0.1) is 0 Å². The number of nitrogens with zero attached hydrogens (tertiary/aromatic N) is 1. The summed E-state index contributed by atoms with van der Waals surface area (Å²) in [6.45, 7) is 2.53. The van der Waals surface area contributed by atoms with Crippen molar-refractivity contribution in [3.05, 3.63) is 35.4 Å². The minimum atomic E-state index is 0.0495. The largest absolute Gasteiger partial charge is 0.396 e. The Bertz CT molecular complexity index is 552. The van der Waals surface area contributed by atoms with Gasteiger partial charge in [-0.15, -0.1) is 0 Å². The van der Waals surface area contributed by atoms with E-state index in [2.05, 4.69) is 29.4 Å². The molecule has 1 amide bonds. The van der Waals surface area contributed by atoms with Crippen LogP contribution in [0.5, 0.6) is 0 Å². The molecule has 1 aromatic carbocycles. The second-order valence-electron chi connectivity index (χ2n) is 7.60. The monoisotopic (exact) mass is 330 g/mol. The normalized spacial score (nSPS) is 28.5. The fourth-order valence-electron chi connectivity index (χ4n) is 4.13. The van der Waals surface area contributed by atoms with Crippen LogP contribution in [0.3, 0.4) is 0 Å². The Labute approximate surface area is 145 Å². The van der Waals surface area contributed by atoms with Gasteiger partial charge in [0.1, 0.15) is 0 Å². The molecule has 1 aliphatic carbocycles. The number of likely N-dealkylation sites (N-methyl/N-ethyl adjacent to an activating group) is 1. The molecular weight excluding hydrogens is 300 g/mol. The molecule has 1 saturated heterocycles. The van der Waals surface area contributed by atoms with Gasteiger partial charge in [0.15, 0.2) is 0 Å². The molecule has 4 nitrogen and oxygen atoms in total. The summed E-state index contributed by atoms with van der Waals surface area (Å²) in [5.41, 5.74) is 2.07. The number of piperidine rings is 1. The highest BCUT2D eigenvalue weighted by Crippen LogP contribution is 2.27. The number of aliphatic hydroxyl groups excluding tert-OH is 1. The van der Waals surface area contributed by atoms with E-state index in [1.807, 2.05) is 12.1 Å². The third-order valence-corrected chi connectivity index (χ3v) is 5.68. The number of hydrogen-bond donors (Lipinski definition) is 2. The zero-order chi connectivity index (χ0) is 16.9. The molecule has 2 aliphatic rings. The van der Waals surface area contributed by atoms with Crippen LogP contribution in [-0.4, -0.2) is 48.7 Å². The lowest BCUT2D eigenvalue weighted by Crippen LogP contribution is -2.38. The van der Waals surface area contributed by atoms with E-state index in [1.165, 1.54) is 24.9 Å². The molecule has 4 heteroatoms. The average Bonchev–Trinajstić information content (AvgIpc) is 2.62. The van der Waals surface area contributed by atoms with Crippen molar-refractivity contribution >= 4 is 5.91 Å². The van der Waals surface area contributed by atoms with E-state index in [-0.39, 0.29) is 18.6 Å². The number of aliphatic hydroxyl groups is 1. The Morgan fingerprint density at radius 1 is 1.25 bits per heavy atom. The highest BCUT2D eigenvalue weighted by molar-refractivity contribution is 5.94. The van der Waals surface area contributed by atoms with E-state index in [4.69, 9.17) is 0 Å². The fourth-order valence-corrected chi connectivity index (χ4v) is 4.13. The second-order valence-corrected chi connectivity index (χ2v) is 7.60. The van der Waals surface area contributed by atoms with Gasteiger partial charge in [-0.1, -0.05) is 12.1 Å². The van der Waals surface area contributed by atoms with Gasteiger partial charge in [-0.3, -0.25) is 4.79 Å². The summed E-state index contributed by atoms with van der Waals surface area (Å²) >= 11 is 0. The number of nitrogens with one attached hydrogen (secondary N) is 1. The summed E-state index contributed by atoms with van der Waals surface area (Å²) in [6.07, 6.45) is 6.41. The molecule has 0 spiro atoms. The van der Waals surface area contributed by atoms with Crippen LogP contribution in [-0.2, 0) is 0 Å². The van der Waals surface area contributed by atoms with E-state index >= 15 is 0 Å². The molecule has 1 aromatic rings. The number of hydrogen-bond acceptors (Lipinski definition) is 3. The lowest BCUT2D eigenvalue weighted by Gasteiger charge is -2.30. The third kappa shape index (κ3) is 4.37. The molecule has 24 heavy (non-hydrogen) atoms. The second kappa shape index (κ2) is 8.13. The number of carbonyl (C=O) groups excluding carboxylic acids is 1. The predicted octanol–water partition coefficient (Wildman–Crippen LogP) is 2.78. The number of amides is 1. The van der Waals surface area contributed by atoms with Gasteiger partial charge in [0.2, 0.25) is 0 Å². The van der Waals surface area contributed by atoms with Crippen molar-refractivity contribution in [2.45, 2.75) is 50.5 Å². The standard InChI is InChI=1S/C20H30N2O2/c1-22-11-3-6-18(13-22)16-4-2-5-17(12-16)20(24)21-19-9-7-15(14-23)8-10-19/h2,4-5,12,15,18-19,23H,3,6-11,13-14H2,1H3,(H,21,24). The molecular formula is C20H30N2O2. The van der Waals surface area contributed by atoms with Crippen molar-refractivity contribution < 1.29 is 9.90 Å². The number of likely N-dealkylation sites (tertiary alicyclic amines) is 1. The molecule has 132 valence electrons. The van der Waals surface area contributed by atoms with Crippen molar-refractivity contribution in [1.82, 2.24) is 10.2 Å². The van der Waals surface area contributed by atoms with Gasteiger partial charge in [-0.25, -0.2) is 0 Å². The van der Waals surface area contributed by atoms with E-state index in [1.54, 1.807) is 0 Å². The van der Waals surface area contributed by atoms with E-state index < -0.39 is 0 Å². The van der Waals surface area contributed by atoms with Crippen molar-refractivity contribution in [3.63, 3.8) is 0 Å². The third-order valence-electron chi connectivity index (χ3n) is 5.68. The molecule has 0 bridgehead atoms. The van der Waals surface area contributed by atoms with Crippen LogP contribution < -0.4 is 5.32 Å². The van der Waals surface area contributed by atoms with Gasteiger partial charge in [0, 0.05) is 24.8 Å². The maximum atomic E-state index is 12.6. The molecule has 2 N–H and O–H groups in total. The summed E-state index contributed by atoms with van der Waals surface area (Å²) in [5, 5.41) is 12.4. The fraction of sp³-hybridized carbons (Fsp3) is 0.650. The molecule has 1 saturated carbocycles.